The topological polar surface area (TPSA) is 15.3 Å². The summed E-state index contributed by atoms with van der Waals surface area (Å²) in [6, 6.07) is 5.80. The molecule has 1 aliphatic rings. The number of nitrogens with zero attached hydrogens (tertiary/aromatic N) is 1. The van der Waals surface area contributed by atoms with Crippen molar-refractivity contribution in [3.63, 3.8) is 0 Å². The number of halogens is 2. The Morgan fingerprint density at radius 2 is 1.95 bits per heavy atom. The molecule has 0 radical (unpaired) electrons. The molecule has 1 N–H and O–H groups in total. The third-order valence-electron chi connectivity index (χ3n) is 3.79. The number of piperidine rings is 1. The van der Waals surface area contributed by atoms with Crippen LogP contribution in [-0.2, 0) is 6.54 Å². The Hall–Kier alpha value is -0.280. The lowest BCUT2D eigenvalue weighted by molar-refractivity contribution is 0.193. The van der Waals surface area contributed by atoms with Gasteiger partial charge in [-0.3, -0.25) is 0 Å². The molecule has 0 unspecified atom stereocenters. The first-order valence-electron chi connectivity index (χ1n) is 7.02. The van der Waals surface area contributed by atoms with Gasteiger partial charge in [-0.15, -0.1) is 0 Å². The van der Waals surface area contributed by atoms with Crippen LogP contribution in [0.5, 0.6) is 0 Å². The summed E-state index contributed by atoms with van der Waals surface area (Å²) in [5.41, 5.74) is 1.18. The summed E-state index contributed by atoms with van der Waals surface area (Å²) in [6.07, 6.45) is 2.68. The van der Waals surface area contributed by atoms with Crippen molar-refractivity contribution in [2.24, 2.45) is 5.92 Å². The van der Waals surface area contributed by atoms with Crippen LogP contribution in [0.25, 0.3) is 0 Å². The number of hydrogen-bond donors (Lipinski definition) is 1. The lowest BCUT2D eigenvalue weighted by Crippen LogP contribution is -2.37. The normalized spacial score (nSPS) is 17.8. The van der Waals surface area contributed by atoms with Crippen LogP contribution >= 0.6 is 23.2 Å². The summed E-state index contributed by atoms with van der Waals surface area (Å²) in [7, 11) is 0. The van der Waals surface area contributed by atoms with Gasteiger partial charge in [-0.25, -0.2) is 0 Å². The Balaban J connectivity index is 1.65. The molecular weight excluding hydrogens is 279 g/mol. The van der Waals surface area contributed by atoms with Crippen LogP contribution in [0.1, 0.15) is 25.3 Å². The van der Waals surface area contributed by atoms with E-state index in [2.05, 4.69) is 17.1 Å². The maximum absolute atomic E-state index is 5.99. The average Bonchev–Trinajstić information content (AvgIpc) is 2.41. The number of benzene rings is 1. The largest absolute Gasteiger partial charge is 0.311 e. The molecule has 1 aliphatic heterocycles. The molecule has 1 aromatic rings. The highest BCUT2D eigenvalue weighted by Gasteiger charge is 2.14. The van der Waals surface area contributed by atoms with Crippen molar-refractivity contribution in [3.05, 3.63) is 33.8 Å². The standard InChI is InChI=1S/C15H22Cl2N2/c1-12-4-7-19(8-5-12)9-6-18-11-13-2-3-14(16)15(17)10-13/h2-3,10,12,18H,4-9,11H2,1H3. The van der Waals surface area contributed by atoms with Crippen molar-refractivity contribution in [3.8, 4) is 0 Å². The van der Waals surface area contributed by atoms with Crippen LogP contribution in [0.2, 0.25) is 10.0 Å². The smallest absolute Gasteiger partial charge is 0.0595 e. The predicted molar refractivity (Wildman–Crippen MR) is 83.0 cm³/mol. The summed E-state index contributed by atoms with van der Waals surface area (Å²) in [5, 5.41) is 4.71. The zero-order valence-corrected chi connectivity index (χ0v) is 13.0. The van der Waals surface area contributed by atoms with E-state index in [9.17, 15) is 0 Å². The van der Waals surface area contributed by atoms with E-state index in [0.717, 1.165) is 25.6 Å². The van der Waals surface area contributed by atoms with E-state index < -0.39 is 0 Å². The van der Waals surface area contributed by atoms with E-state index in [-0.39, 0.29) is 0 Å². The second-order valence-corrected chi connectivity index (χ2v) is 6.26. The molecule has 0 saturated carbocycles. The molecule has 0 atom stereocenters. The minimum Gasteiger partial charge on any atom is -0.311 e. The zero-order chi connectivity index (χ0) is 13.7. The maximum Gasteiger partial charge on any atom is 0.0595 e. The number of rotatable bonds is 5. The van der Waals surface area contributed by atoms with E-state index in [1.54, 1.807) is 0 Å². The molecule has 1 aromatic carbocycles. The first-order chi connectivity index (χ1) is 9.15. The van der Waals surface area contributed by atoms with Crippen LogP contribution in [0.15, 0.2) is 18.2 Å². The molecule has 0 amide bonds. The third kappa shape index (κ3) is 4.96. The van der Waals surface area contributed by atoms with E-state index in [4.69, 9.17) is 23.2 Å². The SMILES string of the molecule is CC1CCN(CCNCc2ccc(Cl)c(Cl)c2)CC1. The van der Waals surface area contributed by atoms with Crippen LogP contribution < -0.4 is 5.32 Å². The van der Waals surface area contributed by atoms with Gasteiger partial charge in [-0.2, -0.15) is 0 Å². The van der Waals surface area contributed by atoms with Crippen LogP contribution in [0.4, 0.5) is 0 Å². The molecule has 1 saturated heterocycles. The van der Waals surface area contributed by atoms with Crippen molar-refractivity contribution in [2.45, 2.75) is 26.3 Å². The minimum absolute atomic E-state index is 0.618. The summed E-state index contributed by atoms with van der Waals surface area (Å²) < 4.78 is 0. The number of likely N-dealkylation sites (tertiary alicyclic amines) is 1. The molecule has 2 nitrogen and oxygen atoms in total. The Labute approximate surface area is 126 Å². The van der Waals surface area contributed by atoms with Crippen molar-refractivity contribution in [1.82, 2.24) is 10.2 Å². The fourth-order valence-corrected chi connectivity index (χ4v) is 2.73. The summed E-state index contributed by atoms with van der Waals surface area (Å²) >= 11 is 11.9. The third-order valence-corrected chi connectivity index (χ3v) is 4.53. The summed E-state index contributed by atoms with van der Waals surface area (Å²) in [5.74, 6) is 0.903. The molecule has 1 fully saturated rings. The molecule has 4 heteroatoms. The predicted octanol–water partition coefficient (Wildman–Crippen LogP) is 3.81. The lowest BCUT2D eigenvalue weighted by atomic mass is 9.99. The molecule has 0 spiro atoms. The average molecular weight is 301 g/mol. The highest BCUT2D eigenvalue weighted by Crippen LogP contribution is 2.22. The Kier molecular flexibility index (Phi) is 5.96. The highest BCUT2D eigenvalue weighted by molar-refractivity contribution is 6.42. The fraction of sp³-hybridized carbons (Fsp3) is 0.600. The molecule has 106 valence electrons. The van der Waals surface area contributed by atoms with Gasteiger partial charge in [0.05, 0.1) is 10.0 Å². The number of hydrogen-bond acceptors (Lipinski definition) is 2. The fourth-order valence-electron chi connectivity index (χ4n) is 2.41. The molecule has 1 heterocycles. The van der Waals surface area contributed by atoms with Crippen molar-refractivity contribution < 1.29 is 0 Å². The van der Waals surface area contributed by atoms with Gasteiger partial charge in [0.25, 0.3) is 0 Å². The Morgan fingerprint density at radius 3 is 2.63 bits per heavy atom. The zero-order valence-electron chi connectivity index (χ0n) is 11.5. The van der Waals surface area contributed by atoms with Crippen LogP contribution in [0, 0.1) is 5.92 Å². The monoisotopic (exact) mass is 300 g/mol. The molecule has 0 bridgehead atoms. The summed E-state index contributed by atoms with van der Waals surface area (Å²) in [6.45, 7) is 7.84. The molecule has 0 aromatic heterocycles. The highest BCUT2D eigenvalue weighted by atomic mass is 35.5. The quantitative estimate of drug-likeness (QED) is 0.832. The lowest BCUT2D eigenvalue weighted by Gasteiger charge is -2.30. The van der Waals surface area contributed by atoms with Gasteiger partial charge in [0.1, 0.15) is 0 Å². The first kappa shape index (κ1) is 15.1. The van der Waals surface area contributed by atoms with Crippen molar-refractivity contribution >= 4 is 23.2 Å². The molecule has 0 aliphatic carbocycles. The van der Waals surface area contributed by atoms with Gasteiger partial charge >= 0.3 is 0 Å². The van der Waals surface area contributed by atoms with Gasteiger partial charge in [-0.1, -0.05) is 36.2 Å². The Morgan fingerprint density at radius 1 is 1.21 bits per heavy atom. The van der Waals surface area contributed by atoms with Gasteiger partial charge in [0.15, 0.2) is 0 Å². The maximum atomic E-state index is 5.99. The van der Waals surface area contributed by atoms with Crippen LogP contribution in [-0.4, -0.2) is 31.1 Å². The minimum atomic E-state index is 0.618. The van der Waals surface area contributed by atoms with E-state index in [1.807, 2.05) is 18.2 Å². The molecule has 19 heavy (non-hydrogen) atoms. The molecule has 2 rings (SSSR count). The molecular formula is C15H22Cl2N2. The van der Waals surface area contributed by atoms with Gasteiger partial charge in [0.2, 0.25) is 0 Å². The summed E-state index contributed by atoms with van der Waals surface area (Å²) in [4.78, 5) is 2.54. The Bertz CT molecular complexity index is 401. The number of nitrogens with one attached hydrogen (secondary N) is 1. The first-order valence-corrected chi connectivity index (χ1v) is 7.78. The van der Waals surface area contributed by atoms with E-state index in [0.29, 0.717) is 10.0 Å². The van der Waals surface area contributed by atoms with Gasteiger partial charge < -0.3 is 10.2 Å². The van der Waals surface area contributed by atoms with Gasteiger partial charge in [-0.05, 0) is 49.5 Å². The second-order valence-electron chi connectivity index (χ2n) is 5.45. The van der Waals surface area contributed by atoms with E-state index in [1.165, 1.54) is 31.5 Å². The van der Waals surface area contributed by atoms with Crippen molar-refractivity contribution in [1.29, 1.82) is 0 Å². The van der Waals surface area contributed by atoms with Crippen LogP contribution in [0.3, 0.4) is 0 Å². The second kappa shape index (κ2) is 7.49. The van der Waals surface area contributed by atoms with E-state index >= 15 is 0 Å². The van der Waals surface area contributed by atoms with Gasteiger partial charge in [0, 0.05) is 19.6 Å². The van der Waals surface area contributed by atoms with Crippen molar-refractivity contribution in [2.75, 3.05) is 26.2 Å².